The number of nitrogens with one attached hydrogen (secondary N) is 1. The zero-order valence-corrected chi connectivity index (χ0v) is 14.4. The topological polar surface area (TPSA) is 79.1 Å². The molecule has 0 saturated carbocycles. The number of rotatable bonds is 6. The molecule has 0 aliphatic carbocycles. The van der Waals surface area contributed by atoms with Crippen LogP contribution in [-0.2, 0) is 13.1 Å². The molecule has 1 fully saturated rings. The summed E-state index contributed by atoms with van der Waals surface area (Å²) in [5.41, 5.74) is 3.44. The van der Waals surface area contributed by atoms with E-state index in [1.807, 2.05) is 17.7 Å². The van der Waals surface area contributed by atoms with E-state index in [2.05, 4.69) is 32.2 Å². The molecule has 1 aliphatic heterocycles. The van der Waals surface area contributed by atoms with Crippen LogP contribution in [0.1, 0.15) is 29.8 Å². The number of aryl methyl sites for hydroxylation is 1. The molecule has 0 atom stereocenters. The predicted octanol–water partition coefficient (Wildman–Crippen LogP) is 1.04. The summed E-state index contributed by atoms with van der Waals surface area (Å²) in [6, 6.07) is 2.35. The Morgan fingerprint density at radius 2 is 1.92 bits per heavy atom. The Balaban J connectivity index is 1.52. The number of hydrogen-bond acceptors (Lipinski definition) is 6. The van der Waals surface area contributed by atoms with Gasteiger partial charge in [0, 0.05) is 49.3 Å². The summed E-state index contributed by atoms with van der Waals surface area (Å²) in [7, 11) is 0. The Bertz CT molecular complexity index is 649. The van der Waals surface area contributed by atoms with Crippen LogP contribution in [0.25, 0.3) is 0 Å². The van der Waals surface area contributed by atoms with Crippen molar-refractivity contribution < 1.29 is 5.11 Å². The lowest BCUT2D eigenvalue weighted by Crippen LogP contribution is -2.43. The van der Waals surface area contributed by atoms with Gasteiger partial charge in [-0.1, -0.05) is 0 Å². The molecule has 7 nitrogen and oxygen atoms in total. The molecule has 0 unspecified atom stereocenters. The molecule has 0 aromatic carbocycles. The van der Waals surface area contributed by atoms with Crippen LogP contribution in [0.15, 0.2) is 18.5 Å². The van der Waals surface area contributed by atoms with E-state index in [0.717, 1.165) is 49.8 Å². The van der Waals surface area contributed by atoms with Crippen LogP contribution in [-0.4, -0.2) is 50.6 Å². The monoisotopic (exact) mass is 330 g/mol. The van der Waals surface area contributed by atoms with Gasteiger partial charge in [-0.3, -0.25) is 4.68 Å². The van der Waals surface area contributed by atoms with Gasteiger partial charge >= 0.3 is 0 Å². The summed E-state index contributed by atoms with van der Waals surface area (Å²) in [6.45, 7) is 7.56. The molecule has 0 spiro atoms. The third-order valence-electron chi connectivity index (χ3n) is 4.74. The van der Waals surface area contributed by atoms with Crippen molar-refractivity contribution in [2.24, 2.45) is 0 Å². The molecular weight excluding hydrogens is 304 g/mol. The Hall–Kier alpha value is -1.99. The molecule has 7 heteroatoms. The second kappa shape index (κ2) is 7.72. The molecule has 2 aromatic heterocycles. The number of anilines is 1. The quantitative estimate of drug-likeness (QED) is 0.824. The fraction of sp³-hybridized carbons (Fsp3) is 0.588. The van der Waals surface area contributed by atoms with Gasteiger partial charge in [0.15, 0.2) is 0 Å². The summed E-state index contributed by atoms with van der Waals surface area (Å²) in [5, 5.41) is 17.3. The van der Waals surface area contributed by atoms with Crippen molar-refractivity contribution >= 4 is 5.95 Å². The molecule has 3 rings (SSSR count). The van der Waals surface area contributed by atoms with E-state index in [1.54, 1.807) is 12.4 Å². The van der Waals surface area contributed by atoms with Crippen molar-refractivity contribution in [1.29, 1.82) is 0 Å². The Morgan fingerprint density at radius 3 is 2.58 bits per heavy atom. The Morgan fingerprint density at radius 1 is 1.21 bits per heavy atom. The maximum absolute atomic E-state index is 9.11. The maximum atomic E-state index is 9.11. The lowest BCUT2D eigenvalue weighted by molar-refractivity contribution is 0.267. The third-order valence-corrected chi connectivity index (χ3v) is 4.74. The second-order valence-corrected chi connectivity index (χ2v) is 6.29. The summed E-state index contributed by atoms with van der Waals surface area (Å²) in [5.74, 6) is 0.827. The van der Waals surface area contributed by atoms with Crippen LogP contribution in [0.2, 0.25) is 0 Å². The number of piperidine rings is 1. The fourth-order valence-electron chi connectivity index (χ4n) is 3.29. The molecule has 0 amide bonds. The fourth-order valence-corrected chi connectivity index (χ4v) is 3.29. The van der Waals surface area contributed by atoms with Gasteiger partial charge in [-0.2, -0.15) is 5.10 Å². The smallest absolute Gasteiger partial charge is 0.225 e. The molecule has 0 radical (unpaired) electrons. The van der Waals surface area contributed by atoms with Crippen molar-refractivity contribution in [3.63, 3.8) is 0 Å². The van der Waals surface area contributed by atoms with Gasteiger partial charge in [-0.05, 0) is 32.8 Å². The first kappa shape index (κ1) is 16.9. The lowest BCUT2D eigenvalue weighted by Gasteiger charge is -2.32. The van der Waals surface area contributed by atoms with Crippen molar-refractivity contribution in [3.05, 3.63) is 35.4 Å². The Labute approximate surface area is 142 Å². The highest BCUT2D eigenvalue weighted by Crippen LogP contribution is 2.17. The maximum Gasteiger partial charge on any atom is 0.225 e. The van der Waals surface area contributed by atoms with Gasteiger partial charge in [0.2, 0.25) is 5.95 Å². The molecule has 130 valence electrons. The minimum Gasteiger partial charge on any atom is -0.394 e. The van der Waals surface area contributed by atoms with E-state index in [9.17, 15) is 0 Å². The van der Waals surface area contributed by atoms with Gasteiger partial charge in [0.05, 0.1) is 18.8 Å². The molecule has 2 N–H and O–H groups in total. The normalized spacial score (nSPS) is 15.9. The second-order valence-electron chi connectivity index (χ2n) is 6.29. The zero-order valence-electron chi connectivity index (χ0n) is 14.4. The third kappa shape index (κ3) is 3.73. The molecule has 3 heterocycles. The van der Waals surface area contributed by atoms with Crippen LogP contribution < -0.4 is 10.2 Å². The average Bonchev–Trinajstić information content (AvgIpc) is 2.88. The van der Waals surface area contributed by atoms with Crippen LogP contribution in [0.3, 0.4) is 0 Å². The molecule has 24 heavy (non-hydrogen) atoms. The molecular formula is C17H26N6O. The number of nitrogens with zero attached hydrogens (tertiary/aromatic N) is 5. The van der Waals surface area contributed by atoms with E-state index in [4.69, 9.17) is 5.11 Å². The van der Waals surface area contributed by atoms with Crippen molar-refractivity contribution in [2.45, 2.75) is 45.8 Å². The van der Waals surface area contributed by atoms with Crippen LogP contribution >= 0.6 is 0 Å². The Kier molecular flexibility index (Phi) is 5.42. The minimum absolute atomic E-state index is 0.120. The summed E-state index contributed by atoms with van der Waals surface area (Å²) in [4.78, 5) is 10.9. The zero-order chi connectivity index (χ0) is 16.9. The number of aromatic nitrogens is 4. The van der Waals surface area contributed by atoms with E-state index in [0.29, 0.717) is 12.6 Å². The summed E-state index contributed by atoms with van der Waals surface area (Å²) in [6.07, 6.45) is 5.76. The largest absolute Gasteiger partial charge is 0.394 e. The van der Waals surface area contributed by atoms with Crippen LogP contribution in [0, 0.1) is 13.8 Å². The summed E-state index contributed by atoms with van der Waals surface area (Å²) < 4.78 is 1.89. The number of hydrogen-bond donors (Lipinski definition) is 2. The minimum atomic E-state index is 0.120. The van der Waals surface area contributed by atoms with Gasteiger partial charge in [-0.15, -0.1) is 0 Å². The highest BCUT2D eigenvalue weighted by molar-refractivity contribution is 5.29. The molecule has 1 saturated heterocycles. The average molecular weight is 330 g/mol. The van der Waals surface area contributed by atoms with Crippen LogP contribution in [0.5, 0.6) is 0 Å². The number of aliphatic hydroxyl groups excluding tert-OH is 1. The van der Waals surface area contributed by atoms with Crippen molar-refractivity contribution in [3.8, 4) is 0 Å². The van der Waals surface area contributed by atoms with Crippen molar-refractivity contribution in [2.75, 3.05) is 24.6 Å². The SMILES string of the molecule is Cc1nn(CCO)c(C)c1CNC1CCN(c2ncccn2)CC1. The highest BCUT2D eigenvalue weighted by atomic mass is 16.3. The summed E-state index contributed by atoms with van der Waals surface area (Å²) >= 11 is 0. The molecule has 0 bridgehead atoms. The van der Waals surface area contributed by atoms with E-state index in [-0.39, 0.29) is 6.61 Å². The predicted molar refractivity (Wildman–Crippen MR) is 92.9 cm³/mol. The van der Waals surface area contributed by atoms with Crippen molar-refractivity contribution in [1.82, 2.24) is 25.1 Å². The first-order valence-corrected chi connectivity index (χ1v) is 8.58. The standard InChI is InChI=1S/C17H26N6O/c1-13-16(14(2)23(21-13)10-11-24)12-20-15-4-8-22(9-5-15)17-18-6-3-7-19-17/h3,6-7,15,20,24H,4-5,8-12H2,1-2H3. The van der Waals surface area contributed by atoms with Gasteiger partial charge in [-0.25, -0.2) is 9.97 Å². The van der Waals surface area contributed by atoms with Gasteiger partial charge < -0.3 is 15.3 Å². The lowest BCUT2D eigenvalue weighted by atomic mass is 10.0. The first-order valence-electron chi connectivity index (χ1n) is 8.58. The molecule has 1 aliphatic rings. The van der Waals surface area contributed by atoms with Gasteiger partial charge in [0.1, 0.15) is 0 Å². The van der Waals surface area contributed by atoms with Crippen LogP contribution in [0.4, 0.5) is 5.95 Å². The van der Waals surface area contributed by atoms with E-state index in [1.165, 1.54) is 5.56 Å². The first-order chi connectivity index (χ1) is 11.7. The molecule has 2 aromatic rings. The van der Waals surface area contributed by atoms with Gasteiger partial charge in [0.25, 0.3) is 0 Å². The highest BCUT2D eigenvalue weighted by Gasteiger charge is 2.21. The number of aliphatic hydroxyl groups is 1. The van der Waals surface area contributed by atoms with E-state index < -0.39 is 0 Å². The van der Waals surface area contributed by atoms with E-state index >= 15 is 0 Å².